The second-order valence-corrected chi connectivity index (χ2v) is 6.11. The van der Waals surface area contributed by atoms with Crippen molar-refractivity contribution >= 4 is 22.5 Å². The number of hydrogen-bond donors (Lipinski definition) is 0. The summed E-state index contributed by atoms with van der Waals surface area (Å²) in [6, 6.07) is 15.5. The number of hydrogen-bond acceptors (Lipinski definition) is 4. The van der Waals surface area contributed by atoms with E-state index in [0.717, 1.165) is 33.6 Å². The molecular weight excluding hydrogens is 336 g/mol. The van der Waals surface area contributed by atoms with Crippen LogP contribution in [-0.2, 0) is 6.61 Å². The van der Waals surface area contributed by atoms with Gasteiger partial charge in [-0.05, 0) is 42.8 Å². The highest BCUT2D eigenvalue weighted by molar-refractivity contribution is 6.31. The summed E-state index contributed by atoms with van der Waals surface area (Å²) >= 11 is 6.18. The van der Waals surface area contributed by atoms with Gasteiger partial charge in [0.25, 0.3) is 0 Å². The Labute approximate surface area is 149 Å². The van der Waals surface area contributed by atoms with Crippen molar-refractivity contribution < 1.29 is 4.74 Å². The number of aryl methyl sites for hydroxylation is 1. The molecule has 0 bridgehead atoms. The molecule has 0 saturated heterocycles. The normalized spacial score (nSPS) is 11.0. The molecule has 0 fully saturated rings. The van der Waals surface area contributed by atoms with Gasteiger partial charge < -0.3 is 4.74 Å². The van der Waals surface area contributed by atoms with Gasteiger partial charge >= 0.3 is 0 Å². The van der Waals surface area contributed by atoms with Gasteiger partial charge in [0.1, 0.15) is 18.1 Å². The molecule has 5 nitrogen and oxygen atoms in total. The van der Waals surface area contributed by atoms with Crippen molar-refractivity contribution in [2.75, 3.05) is 0 Å². The minimum absolute atomic E-state index is 0.327. The molecule has 2 heterocycles. The molecule has 0 atom stereocenters. The minimum Gasteiger partial charge on any atom is -0.486 e. The molecule has 0 aliphatic rings. The zero-order valence-electron chi connectivity index (χ0n) is 13.6. The molecular formula is C19H15ClN4O. The topological polar surface area (TPSA) is 52.8 Å². The Kier molecular flexibility index (Phi) is 4.07. The molecule has 0 amide bonds. The molecule has 0 aliphatic carbocycles. The number of pyridine rings is 1. The summed E-state index contributed by atoms with van der Waals surface area (Å²) in [5, 5.41) is 9.99. The monoisotopic (exact) mass is 350 g/mol. The Morgan fingerprint density at radius 1 is 1.12 bits per heavy atom. The molecule has 2 aromatic carbocycles. The van der Waals surface area contributed by atoms with Crippen molar-refractivity contribution in [3.63, 3.8) is 0 Å². The van der Waals surface area contributed by atoms with Crippen LogP contribution in [0.2, 0.25) is 5.02 Å². The van der Waals surface area contributed by atoms with Gasteiger partial charge in [-0.15, -0.1) is 5.10 Å². The lowest BCUT2D eigenvalue weighted by atomic mass is 10.2. The molecule has 0 aliphatic heterocycles. The number of nitrogens with zero attached hydrogens (tertiary/aromatic N) is 4. The summed E-state index contributed by atoms with van der Waals surface area (Å²) in [5.74, 6) is 0.776. The van der Waals surface area contributed by atoms with E-state index in [4.69, 9.17) is 16.3 Å². The second-order valence-electron chi connectivity index (χ2n) is 5.70. The van der Waals surface area contributed by atoms with E-state index >= 15 is 0 Å². The first kappa shape index (κ1) is 15.6. The van der Waals surface area contributed by atoms with E-state index in [1.54, 1.807) is 10.9 Å². The smallest absolute Gasteiger partial charge is 0.134 e. The van der Waals surface area contributed by atoms with E-state index < -0.39 is 0 Å². The van der Waals surface area contributed by atoms with E-state index in [-0.39, 0.29) is 0 Å². The molecule has 0 unspecified atom stereocenters. The Hall–Kier alpha value is -2.92. The maximum Gasteiger partial charge on any atom is 0.134 e. The summed E-state index contributed by atoms with van der Waals surface area (Å²) in [5.41, 5.74) is 3.53. The fourth-order valence-electron chi connectivity index (χ4n) is 2.56. The number of para-hydroxylation sites is 1. The van der Waals surface area contributed by atoms with Crippen LogP contribution in [0, 0.1) is 6.92 Å². The van der Waals surface area contributed by atoms with Crippen LogP contribution in [0.15, 0.2) is 60.9 Å². The standard InChI is InChI=1S/C19H15ClN4O/c1-13-6-7-15(10-17(13)20)24-11-14(22-23-24)12-25-19-8-9-21-18-5-3-2-4-16(18)19/h2-11H,12H2,1H3. The van der Waals surface area contributed by atoms with Crippen LogP contribution in [0.3, 0.4) is 0 Å². The van der Waals surface area contributed by atoms with Crippen LogP contribution in [0.25, 0.3) is 16.6 Å². The van der Waals surface area contributed by atoms with Crippen molar-refractivity contribution in [2.24, 2.45) is 0 Å². The van der Waals surface area contributed by atoms with E-state index in [9.17, 15) is 0 Å². The first-order valence-electron chi connectivity index (χ1n) is 7.85. The molecule has 0 N–H and O–H groups in total. The van der Waals surface area contributed by atoms with E-state index in [0.29, 0.717) is 11.6 Å². The van der Waals surface area contributed by atoms with Gasteiger partial charge in [-0.25, -0.2) is 4.68 Å². The fourth-order valence-corrected chi connectivity index (χ4v) is 2.74. The minimum atomic E-state index is 0.327. The first-order valence-corrected chi connectivity index (χ1v) is 8.23. The summed E-state index contributed by atoms with van der Waals surface area (Å²) in [6.07, 6.45) is 3.58. The van der Waals surface area contributed by atoms with Crippen molar-refractivity contribution in [1.29, 1.82) is 0 Å². The molecule has 6 heteroatoms. The predicted molar refractivity (Wildman–Crippen MR) is 97.2 cm³/mol. The number of fused-ring (bicyclic) bond motifs is 1. The fraction of sp³-hybridized carbons (Fsp3) is 0.105. The average molecular weight is 351 g/mol. The van der Waals surface area contributed by atoms with Crippen molar-refractivity contribution in [3.8, 4) is 11.4 Å². The third-order valence-corrected chi connectivity index (χ3v) is 4.35. The van der Waals surface area contributed by atoms with Crippen LogP contribution in [0.1, 0.15) is 11.3 Å². The lowest BCUT2D eigenvalue weighted by molar-refractivity contribution is 0.304. The SMILES string of the molecule is Cc1ccc(-n2cc(COc3ccnc4ccccc34)nn2)cc1Cl. The molecule has 0 saturated carbocycles. The largest absolute Gasteiger partial charge is 0.486 e. The van der Waals surface area contributed by atoms with Gasteiger partial charge in [0.15, 0.2) is 0 Å². The van der Waals surface area contributed by atoms with Crippen LogP contribution >= 0.6 is 11.6 Å². The summed E-state index contributed by atoms with van der Waals surface area (Å²) in [4.78, 5) is 4.33. The van der Waals surface area contributed by atoms with Crippen LogP contribution in [-0.4, -0.2) is 20.0 Å². The van der Waals surface area contributed by atoms with Crippen LogP contribution in [0.4, 0.5) is 0 Å². The maximum atomic E-state index is 6.18. The highest BCUT2D eigenvalue weighted by Crippen LogP contribution is 2.24. The van der Waals surface area contributed by atoms with E-state index in [1.165, 1.54) is 0 Å². The first-order chi connectivity index (χ1) is 12.2. The highest BCUT2D eigenvalue weighted by Gasteiger charge is 2.07. The van der Waals surface area contributed by atoms with Gasteiger partial charge in [0, 0.05) is 16.6 Å². The van der Waals surface area contributed by atoms with Gasteiger partial charge in [-0.2, -0.15) is 0 Å². The predicted octanol–water partition coefficient (Wildman–Crippen LogP) is 4.36. The lowest BCUT2D eigenvalue weighted by Gasteiger charge is -2.07. The number of rotatable bonds is 4. The van der Waals surface area contributed by atoms with E-state index in [1.807, 2.05) is 61.7 Å². The molecule has 2 aromatic heterocycles. The van der Waals surface area contributed by atoms with Crippen molar-refractivity contribution in [3.05, 3.63) is 77.2 Å². The summed E-state index contributed by atoms with van der Waals surface area (Å²) in [6.45, 7) is 2.29. The lowest BCUT2D eigenvalue weighted by Crippen LogP contribution is -1.97. The van der Waals surface area contributed by atoms with Crippen LogP contribution < -0.4 is 4.74 Å². The van der Waals surface area contributed by atoms with Crippen molar-refractivity contribution in [1.82, 2.24) is 20.0 Å². The Balaban J connectivity index is 1.54. The zero-order valence-corrected chi connectivity index (χ0v) is 14.3. The quantitative estimate of drug-likeness (QED) is 0.549. The Bertz CT molecular complexity index is 1040. The molecule has 0 spiro atoms. The molecule has 25 heavy (non-hydrogen) atoms. The van der Waals surface area contributed by atoms with Gasteiger partial charge in [-0.1, -0.05) is 35.0 Å². The van der Waals surface area contributed by atoms with Gasteiger partial charge in [-0.3, -0.25) is 4.98 Å². The summed E-state index contributed by atoms with van der Waals surface area (Å²) in [7, 11) is 0. The van der Waals surface area contributed by atoms with Gasteiger partial charge in [0.05, 0.1) is 17.4 Å². The molecule has 124 valence electrons. The van der Waals surface area contributed by atoms with Crippen molar-refractivity contribution in [2.45, 2.75) is 13.5 Å². The van der Waals surface area contributed by atoms with Crippen LogP contribution in [0.5, 0.6) is 5.75 Å². The zero-order chi connectivity index (χ0) is 17.2. The number of benzene rings is 2. The molecule has 0 radical (unpaired) electrons. The third-order valence-electron chi connectivity index (χ3n) is 3.95. The third kappa shape index (κ3) is 3.19. The second kappa shape index (κ2) is 6.53. The maximum absolute atomic E-state index is 6.18. The van der Waals surface area contributed by atoms with Gasteiger partial charge in [0.2, 0.25) is 0 Å². The molecule has 4 rings (SSSR count). The van der Waals surface area contributed by atoms with E-state index in [2.05, 4.69) is 15.3 Å². The number of halogens is 1. The Morgan fingerprint density at radius 3 is 2.88 bits per heavy atom. The Morgan fingerprint density at radius 2 is 2.00 bits per heavy atom. The highest BCUT2D eigenvalue weighted by atomic mass is 35.5. The molecule has 4 aromatic rings. The average Bonchev–Trinajstić information content (AvgIpc) is 3.11. The summed E-state index contributed by atoms with van der Waals surface area (Å²) < 4.78 is 7.60. The number of aromatic nitrogens is 4. The number of ether oxygens (including phenoxy) is 1.